The summed E-state index contributed by atoms with van der Waals surface area (Å²) in [6.45, 7) is -0.546. The van der Waals surface area contributed by atoms with Crippen LogP contribution in [0.1, 0.15) is 18.4 Å². The van der Waals surface area contributed by atoms with Crippen molar-refractivity contribution in [3.05, 3.63) is 23.8 Å². The fourth-order valence-electron chi connectivity index (χ4n) is 2.11. The molecule has 2 N–H and O–H groups in total. The first-order chi connectivity index (χ1) is 8.08. The highest BCUT2D eigenvalue weighted by molar-refractivity contribution is 5.95. The van der Waals surface area contributed by atoms with Gasteiger partial charge in [-0.2, -0.15) is 0 Å². The van der Waals surface area contributed by atoms with E-state index in [1.165, 1.54) is 4.90 Å². The van der Waals surface area contributed by atoms with Gasteiger partial charge in [0.05, 0.1) is 6.54 Å². The Labute approximate surface area is 98.2 Å². The number of carbonyl (C=O) groups is 1. The van der Waals surface area contributed by atoms with Crippen molar-refractivity contribution in [2.75, 3.05) is 17.2 Å². The van der Waals surface area contributed by atoms with Gasteiger partial charge in [0, 0.05) is 17.8 Å². The third-order valence-corrected chi connectivity index (χ3v) is 2.85. The molecule has 1 aromatic carbocycles. The molecule has 1 amide bonds. The first-order valence-corrected chi connectivity index (χ1v) is 5.55. The summed E-state index contributed by atoms with van der Waals surface area (Å²) in [6, 6.07) is 5.04. The molecule has 0 bridgehead atoms. The summed E-state index contributed by atoms with van der Waals surface area (Å²) in [4.78, 5) is 12.9. The van der Waals surface area contributed by atoms with Gasteiger partial charge in [-0.25, -0.2) is 8.78 Å². The maximum atomic E-state index is 12.5. The standard InChI is InChI=1S/C12H14F2N2O/c13-11(14)7-16-10-5-4-9(15)6-8(10)2-1-3-12(16)17/h4-6,11H,1-3,7,15H2. The van der Waals surface area contributed by atoms with Crippen molar-refractivity contribution >= 4 is 17.3 Å². The summed E-state index contributed by atoms with van der Waals surface area (Å²) < 4.78 is 25.0. The molecule has 2 rings (SSSR count). The first-order valence-electron chi connectivity index (χ1n) is 5.55. The van der Waals surface area contributed by atoms with Crippen molar-refractivity contribution in [2.24, 2.45) is 0 Å². The zero-order chi connectivity index (χ0) is 12.4. The van der Waals surface area contributed by atoms with Crippen LogP contribution in [0.3, 0.4) is 0 Å². The third-order valence-electron chi connectivity index (χ3n) is 2.85. The highest BCUT2D eigenvalue weighted by Gasteiger charge is 2.24. The second-order valence-electron chi connectivity index (χ2n) is 4.14. The minimum Gasteiger partial charge on any atom is -0.399 e. The van der Waals surface area contributed by atoms with Crippen LogP contribution in [0.25, 0.3) is 0 Å². The molecule has 0 saturated heterocycles. The lowest BCUT2D eigenvalue weighted by Gasteiger charge is -2.22. The Kier molecular flexibility index (Phi) is 3.26. The number of anilines is 2. The largest absolute Gasteiger partial charge is 0.399 e. The molecule has 1 aromatic rings. The van der Waals surface area contributed by atoms with Crippen LogP contribution >= 0.6 is 0 Å². The number of hydrogen-bond donors (Lipinski definition) is 1. The molecule has 0 fully saturated rings. The summed E-state index contributed by atoms with van der Waals surface area (Å²) in [5.74, 6) is -0.242. The van der Waals surface area contributed by atoms with Crippen LogP contribution in [-0.2, 0) is 11.2 Å². The number of nitrogens with two attached hydrogens (primary N) is 1. The summed E-state index contributed by atoms with van der Waals surface area (Å²) in [5.41, 5.74) is 7.70. The van der Waals surface area contributed by atoms with E-state index in [1.807, 2.05) is 0 Å². The van der Waals surface area contributed by atoms with Crippen LogP contribution in [0.2, 0.25) is 0 Å². The van der Waals surface area contributed by atoms with E-state index in [1.54, 1.807) is 18.2 Å². The van der Waals surface area contributed by atoms with Crippen molar-refractivity contribution in [3.8, 4) is 0 Å². The van der Waals surface area contributed by atoms with Crippen LogP contribution in [0.5, 0.6) is 0 Å². The average molecular weight is 240 g/mol. The van der Waals surface area contributed by atoms with E-state index in [2.05, 4.69) is 0 Å². The molecular formula is C12H14F2N2O. The molecule has 0 unspecified atom stereocenters. The fourth-order valence-corrected chi connectivity index (χ4v) is 2.11. The minimum atomic E-state index is -2.53. The van der Waals surface area contributed by atoms with Crippen LogP contribution in [0, 0.1) is 0 Å². The second kappa shape index (κ2) is 4.69. The van der Waals surface area contributed by atoms with Crippen molar-refractivity contribution in [3.63, 3.8) is 0 Å². The summed E-state index contributed by atoms with van der Waals surface area (Å²) in [7, 11) is 0. The number of rotatable bonds is 2. The molecular weight excluding hydrogens is 226 g/mol. The monoisotopic (exact) mass is 240 g/mol. The molecule has 1 aliphatic rings. The fraction of sp³-hybridized carbons (Fsp3) is 0.417. The van der Waals surface area contributed by atoms with Gasteiger partial charge in [-0.05, 0) is 36.6 Å². The van der Waals surface area contributed by atoms with Crippen LogP contribution < -0.4 is 10.6 Å². The zero-order valence-electron chi connectivity index (χ0n) is 9.33. The molecule has 1 heterocycles. The molecule has 5 heteroatoms. The molecule has 0 saturated carbocycles. The number of aryl methyl sites for hydroxylation is 1. The number of nitrogen functional groups attached to an aromatic ring is 1. The Hall–Kier alpha value is -1.65. The SMILES string of the molecule is Nc1ccc2c(c1)CCCC(=O)N2CC(F)F. The highest BCUT2D eigenvalue weighted by Crippen LogP contribution is 2.29. The predicted molar refractivity (Wildman–Crippen MR) is 62.1 cm³/mol. The number of nitrogens with zero attached hydrogens (tertiary/aromatic N) is 1. The van der Waals surface area contributed by atoms with E-state index in [0.29, 0.717) is 30.6 Å². The lowest BCUT2D eigenvalue weighted by atomic mass is 10.1. The van der Waals surface area contributed by atoms with E-state index in [9.17, 15) is 13.6 Å². The van der Waals surface area contributed by atoms with Crippen molar-refractivity contribution < 1.29 is 13.6 Å². The number of alkyl halides is 2. The Bertz CT molecular complexity index is 435. The molecule has 1 aliphatic heterocycles. The quantitative estimate of drug-likeness (QED) is 0.805. The second-order valence-corrected chi connectivity index (χ2v) is 4.14. The highest BCUT2D eigenvalue weighted by atomic mass is 19.3. The Morgan fingerprint density at radius 3 is 2.82 bits per heavy atom. The van der Waals surface area contributed by atoms with Crippen molar-refractivity contribution in [2.45, 2.75) is 25.7 Å². The summed E-state index contributed by atoms with van der Waals surface area (Å²) in [5, 5.41) is 0. The molecule has 3 nitrogen and oxygen atoms in total. The van der Waals surface area contributed by atoms with Crippen molar-refractivity contribution in [1.82, 2.24) is 0 Å². The van der Waals surface area contributed by atoms with Gasteiger partial charge in [-0.1, -0.05) is 0 Å². The van der Waals surface area contributed by atoms with Gasteiger partial charge in [0.25, 0.3) is 6.43 Å². The van der Waals surface area contributed by atoms with Gasteiger partial charge in [0.2, 0.25) is 5.91 Å². The van der Waals surface area contributed by atoms with E-state index < -0.39 is 13.0 Å². The molecule has 0 aromatic heterocycles. The normalized spacial score (nSPS) is 15.9. The number of carbonyl (C=O) groups excluding carboxylic acids is 1. The molecule has 92 valence electrons. The van der Waals surface area contributed by atoms with E-state index in [0.717, 1.165) is 5.56 Å². The minimum absolute atomic E-state index is 0.242. The number of hydrogen-bond acceptors (Lipinski definition) is 2. The molecule has 17 heavy (non-hydrogen) atoms. The Morgan fingerprint density at radius 1 is 1.35 bits per heavy atom. The molecule has 0 radical (unpaired) electrons. The van der Waals surface area contributed by atoms with Crippen molar-refractivity contribution in [1.29, 1.82) is 0 Å². The van der Waals surface area contributed by atoms with Crippen LogP contribution in [0.15, 0.2) is 18.2 Å². The first kappa shape index (κ1) is 11.8. The molecule has 0 aliphatic carbocycles. The zero-order valence-corrected chi connectivity index (χ0v) is 9.33. The smallest absolute Gasteiger partial charge is 0.256 e. The van der Waals surface area contributed by atoms with Gasteiger partial charge >= 0.3 is 0 Å². The van der Waals surface area contributed by atoms with Gasteiger partial charge in [-0.3, -0.25) is 4.79 Å². The number of halogens is 2. The number of amides is 1. The summed E-state index contributed by atoms with van der Waals surface area (Å²) in [6.07, 6.45) is -0.843. The Morgan fingerprint density at radius 2 is 2.12 bits per heavy atom. The third kappa shape index (κ3) is 2.54. The van der Waals surface area contributed by atoms with Crippen LogP contribution in [-0.4, -0.2) is 18.9 Å². The van der Waals surface area contributed by atoms with E-state index >= 15 is 0 Å². The molecule has 0 atom stereocenters. The topological polar surface area (TPSA) is 46.3 Å². The predicted octanol–water partition coefficient (Wildman–Crippen LogP) is 2.20. The maximum Gasteiger partial charge on any atom is 0.256 e. The lowest BCUT2D eigenvalue weighted by Crippen LogP contribution is -2.34. The van der Waals surface area contributed by atoms with Gasteiger partial charge in [0.1, 0.15) is 0 Å². The lowest BCUT2D eigenvalue weighted by molar-refractivity contribution is -0.119. The molecule has 0 spiro atoms. The number of benzene rings is 1. The van der Waals surface area contributed by atoms with Gasteiger partial charge in [-0.15, -0.1) is 0 Å². The van der Waals surface area contributed by atoms with E-state index in [4.69, 9.17) is 5.73 Å². The number of fused-ring (bicyclic) bond motifs is 1. The van der Waals surface area contributed by atoms with Crippen LogP contribution in [0.4, 0.5) is 20.2 Å². The van der Waals surface area contributed by atoms with Gasteiger partial charge in [0.15, 0.2) is 0 Å². The van der Waals surface area contributed by atoms with Gasteiger partial charge < -0.3 is 10.6 Å². The average Bonchev–Trinajstić information content (AvgIpc) is 2.39. The maximum absolute atomic E-state index is 12.5. The summed E-state index contributed by atoms with van der Waals surface area (Å²) >= 11 is 0. The Balaban J connectivity index is 2.39. The van der Waals surface area contributed by atoms with E-state index in [-0.39, 0.29) is 5.91 Å².